The van der Waals surface area contributed by atoms with Crippen LogP contribution in [0.1, 0.15) is 15.9 Å². The molecule has 0 aliphatic heterocycles. The zero-order valence-corrected chi connectivity index (χ0v) is 23.3. The highest BCUT2D eigenvalue weighted by molar-refractivity contribution is 6.06. The zero-order chi connectivity index (χ0) is 31.0. The fraction of sp³-hybridized carbons (Fsp3) is 0.125. The number of hydrogen-bond acceptors (Lipinski definition) is 7. The Morgan fingerprint density at radius 3 is 2.50 bits per heavy atom. The third kappa shape index (κ3) is 5.27. The summed E-state index contributed by atoms with van der Waals surface area (Å²) in [6, 6.07) is 17.4. The van der Waals surface area contributed by atoms with Gasteiger partial charge in [0.1, 0.15) is 17.3 Å². The third-order valence-corrected chi connectivity index (χ3v) is 7.25. The van der Waals surface area contributed by atoms with Crippen molar-refractivity contribution in [3.05, 3.63) is 112 Å². The summed E-state index contributed by atoms with van der Waals surface area (Å²) in [4.78, 5) is 38.3. The number of halogens is 2. The average Bonchev–Trinajstić information content (AvgIpc) is 3.49. The minimum absolute atomic E-state index is 0.106. The van der Waals surface area contributed by atoms with Gasteiger partial charge in [-0.3, -0.25) is 14.2 Å². The molecule has 0 aliphatic rings. The van der Waals surface area contributed by atoms with E-state index in [1.807, 2.05) is 19.1 Å². The van der Waals surface area contributed by atoms with Crippen molar-refractivity contribution in [2.45, 2.75) is 13.0 Å². The maximum absolute atomic E-state index is 15.0. The Morgan fingerprint density at radius 2 is 1.75 bits per heavy atom. The van der Waals surface area contributed by atoms with Crippen LogP contribution in [0.25, 0.3) is 38.9 Å². The van der Waals surface area contributed by atoms with Gasteiger partial charge in [0.15, 0.2) is 5.65 Å². The SMILES string of the molecule is Cc1ccc(NC(=O)c2ccc3[nH]ccc3c2)cc1-c1nc(NC(CO)CO)nc2c1ccc(=O)n2-c1c(F)cccc1F. The van der Waals surface area contributed by atoms with E-state index in [4.69, 9.17) is 0 Å². The van der Waals surface area contributed by atoms with Gasteiger partial charge in [-0.15, -0.1) is 0 Å². The second kappa shape index (κ2) is 11.7. The Bertz CT molecular complexity index is 2090. The number of amides is 1. The molecule has 44 heavy (non-hydrogen) atoms. The van der Waals surface area contributed by atoms with E-state index < -0.39 is 42.1 Å². The van der Waals surface area contributed by atoms with Crippen LogP contribution < -0.4 is 16.2 Å². The molecule has 3 heterocycles. The molecule has 5 N–H and O–H groups in total. The van der Waals surface area contributed by atoms with Crippen molar-refractivity contribution in [2.75, 3.05) is 23.8 Å². The Morgan fingerprint density at radius 1 is 0.977 bits per heavy atom. The van der Waals surface area contributed by atoms with Gasteiger partial charge < -0.3 is 25.8 Å². The second-order valence-electron chi connectivity index (χ2n) is 10.2. The zero-order valence-electron chi connectivity index (χ0n) is 23.3. The highest BCUT2D eigenvalue weighted by atomic mass is 19.1. The topological polar surface area (TPSA) is 145 Å². The largest absolute Gasteiger partial charge is 0.394 e. The number of carbonyl (C=O) groups is 1. The van der Waals surface area contributed by atoms with Crippen LogP contribution in [0, 0.1) is 18.6 Å². The average molecular weight is 597 g/mol. The number of benzene rings is 3. The van der Waals surface area contributed by atoms with Crippen molar-refractivity contribution in [3.8, 4) is 16.9 Å². The summed E-state index contributed by atoms with van der Waals surface area (Å²) < 4.78 is 30.8. The van der Waals surface area contributed by atoms with Crippen molar-refractivity contribution in [1.29, 1.82) is 0 Å². The van der Waals surface area contributed by atoms with E-state index >= 15 is 0 Å². The summed E-state index contributed by atoms with van der Waals surface area (Å²) in [6.07, 6.45) is 1.79. The van der Waals surface area contributed by atoms with Crippen LogP contribution in [0.3, 0.4) is 0 Å². The van der Waals surface area contributed by atoms with Crippen molar-refractivity contribution < 1.29 is 23.8 Å². The van der Waals surface area contributed by atoms with Gasteiger partial charge in [-0.05, 0) is 67.1 Å². The predicted molar refractivity (Wildman–Crippen MR) is 163 cm³/mol. The lowest BCUT2D eigenvalue weighted by Gasteiger charge is -2.18. The lowest BCUT2D eigenvalue weighted by Crippen LogP contribution is -2.29. The van der Waals surface area contributed by atoms with Gasteiger partial charge in [0.05, 0.1) is 24.9 Å². The molecule has 6 aromatic rings. The van der Waals surface area contributed by atoms with E-state index in [1.165, 1.54) is 12.1 Å². The molecular formula is C32H26F2N6O4. The summed E-state index contributed by atoms with van der Waals surface area (Å²) in [6.45, 7) is 0.885. The number of pyridine rings is 1. The van der Waals surface area contributed by atoms with Gasteiger partial charge in [-0.25, -0.2) is 13.8 Å². The monoisotopic (exact) mass is 596 g/mol. The number of aromatic nitrogens is 4. The molecule has 6 rings (SSSR count). The van der Waals surface area contributed by atoms with Crippen LogP contribution in [0.5, 0.6) is 0 Å². The van der Waals surface area contributed by atoms with Crippen LogP contribution in [-0.4, -0.2) is 54.9 Å². The van der Waals surface area contributed by atoms with Crippen molar-refractivity contribution in [1.82, 2.24) is 19.5 Å². The van der Waals surface area contributed by atoms with Crippen molar-refractivity contribution in [2.24, 2.45) is 0 Å². The van der Waals surface area contributed by atoms with E-state index in [2.05, 4.69) is 25.6 Å². The molecule has 0 aliphatic carbocycles. The van der Waals surface area contributed by atoms with Gasteiger partial charge in [0.2, 0.25) is 5.95 Å². The Labute approximate surface area is 248 Å². The summed E-state index contributed by atoms with van der Waals surface area (Å²) in [7, 11) is 0. The Balaban J connectivity index is 1.52. The number of hydrogen-bond donors (Lipinski definition) is 5. The van der Waals surface area contributed by atoms with Crippen molar-refractivity contribution >= 4 is 39.5 Å². The predicted octanol–water partition coefficient (Wildman–Crippen LogP) is 4.53. The molecule has 12 heteroatoms. The first-order valence-corrected chi connectivity index (χ1v) is 13.6. The van der Waals surface area contributed by atoms with Gasteiger partial charge in [0, 0.05) is 45.4 Å². The molecular weight excluding hydrogens is 570 g/mol. The van der Waals surface area contributed by atoms with Crippen LogP contribution >= 0.6 is 0 Å². The molecule has 0 unspecified atom stereocenters. The fourth-order valence-electron chi connectivity index (χ4n) is 4.99. The molecule has 0 saturated heterocycles. The summed E-state index contributed by atoms with van der Waals surface area (Å²) in [5.74, 6) is -2.39. The van der Waals surface area contributed by atoms with Crippen molar-refractivity contribution in [3.63, 3.8) is 0 Å². The van der Waals surface area contributed by atoms with Gasteiger partial charge in [-0.1, -0.05) is 12.1 Å². The number of H-pyrrole nitrogens is 1. The molecule has 10 nitrogen and oxygen atoms in total. The second-order valence-corrected chi connectivity index (χ2v) is 10.2. The number of aryl methyl sites for hydroxylation is 1. The fourth-order valence-corrected chi connectivity index (χ4v) is 4.99. The highest BCUT2D eigenvalue weighted by Crippen LogP contribution is 2.33. The van der Waals surface area contributed by atoms with E-state index in [-0.39, 0.29) is 28.6 Å². The maximum Gasteiger partial charge on any atom is 0.256 e. The Hall–Kier alpha value is -5.46. The quantitative estimate of drug-likeness (QED) is 0.174. The molecule has 3 aromatic carbocycles. The highest BCUT2D eigenvalue weighted by Gasteiger charge is 2.21. The van der Waals surface area contributed by atoms with E-state index in [0.29, 0.717) is 16.8 Å². The van der Waals surface area contributed by atoms with Crippen LogP contribution in [0.2, 0.25) is 0 Å². The smallest absolute Gasteiger partial charge is 0.256 e. The number of anilines is 2. The molecule has 0 spiro atoms. The van der Waals surface area contributed by atoms with Crippen LogP contribution in [-0.2, 0) is 0 Å². The molecule has 222 valence electrons. The third-order valence-electron chi connectivity index (χ3n) is 7.25. The van der Waals surface area contributed by atoms with E-state index in [1.54, 1.807) is 36.5 Å². The number of nitrogens with one attached hydrogen (secondary N) is 3. The van der Waals surface area contributed by atoms with Gasteiger partial charge >= 0.3 is 0 Å². The maximum atomic E-state index is 15.0. The molecule has 0 radical (unpaired) electrons. The standard InChI is InChI=1S/C32H26F2N6O4/c1-17-5-7-20(36-31(44)19-6-9-26-18(13-19)11-12-35-26)14-23(17)28-22-8-10-27(43)40(29-24(33)3-2-4-25(29)34)30(22)39-32(38-28)37-21(15-41)16-42/h2-14,21,35,41-42H,15-16H2,1H3,(H,36,44)(H,37,38,39). The van der Waals surface area contributed by atoms with E-state index in [9.17, 15) is 28.6 Å². The molecule has 1 amide bonds. The molecule has 3 aromatic heterocycles. The molecule has 0 fully saturated rings. The van der Waals surface area contributed by atoms with Gasteiger partial charge in [-0.2, -0.15) is 4.98 Å². The number of aliphatic hydroxyl groups is 2. The summed E-state index contributed by atoms with van der Waals surface area (Å²) in [5, 5.41) is 26.2. The lowest BCUT2D eigenvalue weighted by atomic mass is 10.0. The number of rotatable bonds is 8. The lowest BCUT2D eigenvalue weighted by molar-refractivity contribution is 0.102. The number of carbonyl (C=O) groups excluding carboxylic acids is 1. The Kier molecular flexibility index (Phi) is 7.60. The first-order chi connectivity index (χ1) is 21.3. The van der Waals surface area contributed by atoms with E-state index in [0.717, 1.165) is 39.2 Å². The number of aliphatic hydroxyl groups excluding tert-OH is 2. The summed E-state index contributed by atoms with van der Waals surface area (Å²) >= 11 is 0. The number of fused-ring (bicyclic) bond motifs is 2. The van der Waals surface area contributed by atoms with Gasteiger partial charge in [0.25, 0.3) is 11.5 Å². The molecule has 0 bridgehead atoms. The van der Waals surface area contributed by atoms with Crippen LogP contribution in [0.4, 0.5) is 20.4 Å². The number of nitrogens with zero attached hydrogens (tertiary/aromatic N) is 3. The minimum Gasteiger partial charge on any atom is -0.394 e. The first kappa shape index (κ1) is 28.6. The number of para-hydroxylation sites is 1. The normalized spacial score (nSPS) is 11.4. The molecule has 0 atom stereocenters. The number of aromatic amines is 1. The molecule has 0 saturated carbocycles. The summed E-state index contributed by atoms with van der Waals surface area (Å²) in [5.41, 5.74) is 1.87. The minimum atomic E-state index is -0.975. The first-order valence-electron chi connectivity index (χ1n) is 13.6. The van der Waals surface area contributed by atoms with Crippen LogP contribution in [0.15, 0.2) is 83.8 Å².